The van der Waals surface area contributed by atoms with Gasteiger partial charge in [0, 0.05) is 16.2 Å². The highest BCUT2D eigenvalue weighted by Crippen LogP contribution is 2.22. The van der Waals surface area contributed by atoms with Crippen molar-refractivity contribution in [2.45, 2.75) is 13.3 Å². The molecule has 0 saturated carbocycles. The van der Waals surface area contributed by atoms with Crippen LogP contribution < -0.4 is 10.1 Å². The molecule has 1 heterocycles. The highest BCUT2D eigenvalue weighted by Gasteiger charge is 2.01. The van der Waals surface area contributed by atoms with Crippen molar-refractivity contribution in [1.29, 1.82) is 0 Å². The zero-order valence-corrected chi connectivity index (χ0v) is 12.2. The quantitative estimate of drug-likeness (QED) is 0.831. The first-order chi connectivity index (χ1) is 8.78. The number of aromatic nitrogens is 2. The SMILES string of the molecule is CCCNc1cc(Oc2cccc(I)c2)ncn1. The Kier molecular flexibility index (Phi) is 4.74. The Morgan fingerprint density at radius 3 is 2.94 bits per heavy atom. The maximum absolute atomic E-state index is 5.68. The summed E-state index contributed by atoms with van der Waals surface area (Å²) in [5.41, 5.74) is 0. The second kappa shape index (κ2) is 6.53. The summed E-state index contributed by atoms with van der Waals surface area (Å²) in [7, 11) is 0. The summed E-state index contributed by atoms with van der Waals surface area (Å²) in [6, 6.07) is 9.64. The Bertz CT molecular complexity index is 519. The predicted octanol–water partition coefficient (Wildman–Crippen LogP) is 3.70. The van der Waals surface area contributed by atoms with Crippen LogP contribution >= 0.6 is 22.6 Å². The van der Waals surface area contributed by atoms with Crippen molar-refractivity contribution in [3.05, 3.63) is 40.2 Å². The Morgan fingerprint density at radius 2 is 2.17 bits per heavy atom. The number of hydrogen-bond donors (Lipinski definition) is 1. The fourth-order valence-corrected chi connectivity index (χ4v) is 1.91. The van der Waals surface area contributed by atoms with Crippen LogP contribution in [0, 0.1) is 3.57 Å². The zero-order valence-electron chi connectivity index (χ0n) is 10.1. The van der Waals surface area contributed by atoms with Crippen LogP contribution in [-0.2, 0) is 0 Å². The van der Waals surface area contributed by atoms with Crippen LogP contribution in [-0.4, -0.2) is 16.5 Å². The van der Waals surface area contributed by atoms with E-state index >= 15 is 0 Å². The lowest BCUT2D eigenvalue weighted by atomic mass is 10.3. The van der Waals surface area contributed by atoms with Gasteiger partial charge in [-0.2, -0.15) is 0 Å². The van der Waals surface area contributed by atoms with Crippen molar-refractivity contribution in [3.63, 3.8) is 0 Å². The Hall–Kier alpha value is -1.37. The number of rotatable bonds is 5. The fraction of sp³-hybridized carbons (Fsp3) is 0.231. The van der Waals surface area contributed by atoms with Gasteiger partial charge < -0.3 is 10.1 Å². The molecule has 94 valence electrons. The molecule has 0 saturated heterocycles. The summed E-state index contributed by atoms with van der Waals surface area (Å²) >= 11 is 2.25. The van der Waals surface area contributed by atoms with Crippen molar-refractivity contribution >= 4 is 28.4 Å². The molecule has 0 aliphatic heterocycles. The van der Waals surface area contributed by atoms with Crippen molar-refractivity contribution in [2.24, 2.45) is 0 Å². The van der Waals surface area contributed by atoms with E-state index in [0.29, 0.717) is 5.88 Å². The van der Waals surface area contributed by atoms with E-state index < -0.39 is 0 Å². The summed E-state index contributed by atoms with van der Waals surface area (Å²) < 4.78 is 6.81. The summed E-state index contributed by atoms with van der Waals surface area (Å²) in [6.45, 7) is 3.00. The Labute approximate surface area is 120 Å². The lowest BCUT2D eigenvalue weighted by Gasteiger charge is -2.07. The molecule has 18 heavy (non-hydrogen) atoms. The van der Waals surface area contributed by atoms with Crippen molar-refractivity contribution < 1.29 is 4.74 Å². The molecule has 0 bridgehead atoms. The summed E-state index contributed by atoms with van der Waals surface area (Å²) in [5, 5.41) is 3.20. The first-order valence-electron chi connectivity index (χ1n) is 5.77. The smallest absolute Gasteiger partial charge is 0.224 e. The minimum absolute atomic E-state index is 0.547. The van der Waals surface area contributed by atoms with Gasteiger partial charge in [-0.1, -0.05) is 13.0 Å². The van der Waals surface area contributed by atoms with Gasteiger partial charge in [0.2, 0.25) is 5.88 Å². The van der Waals surface area contributed by atoms with Gasteiger partial charge in [0.15, 0.2) is 0 Å². The molecule has 5 heteroatoms. The molecule has 0 atom stereocenters. The van der Waals surface area contributed by atoms with E-state index in [-0.39, 0.29) is 0 Å². The predicted molar refractivity (Wildman–Crippen MR) is 80.0 cm³/mol. The number of hydrogen-bond acceptors (Lipinski definition) is 4. The standard InChI is InChI=1S/C13H14IN3O/c1-2-6-15-12-8-13(17-9-16-12)18-11-5-3-4-10(14)7-11/h3-5,7-9H,2,6H2,1H3,(H,15,16,17). The number of ether oxygens (including phenoxy) is 1. The molecule has 0 fully saturated rings. The van der Waals surface area contributed by atoms with Crippen LogP contribution in [0.25, 0.3) is 0 Å². The maximum Gasteiger partial charge on any atom is 0.224 e. The maximum atomic E-state index is 5.68. The topological polar surface area (TPSA) is 47.0 Å². The number of nitrogens with one attached hydrogen (secondary N) is 1. The van der Waals surface area contributed by atoms with Gasteiger partial charge in [-0.25, -0.2) is 9.97 Å². The minimum atomic E-state index is 0.547. The van der Waals surface area contributed by atoms with E-state index in [1.165, 1.54) is 6.33 Å². The molecule has 0 amide bonds. The molecule has 1 aromatic heterocycles. The van der Waals surface area contributed by atoms with Crippen LogP contribution in [0.2, 0.25) is 0 Å². The second-order valence-corrected chi connectivity index (χ2v) is 4.97. The second-order valence-electron chi connectivity index (χ2n) is 3.73. The summed E-state index contributed by atoms with van der Waals surface area (Å²) in [4.78, 5) is 8.23. The lowest BCUT2D eigenvalue weighted by molar-refractivity contribution is 0.461. The highest BCUT2D eigenvalue weighted by molar-refractivity contribution is 14.1. The molecule has 0 radical (unpaired) electrons. The first kappa shape index (κ1) is 13.1. The molecule has 0 unspecified atom stereocenters. The fourth-order valence-electron chi connectivity index (χ4n) is 1.40. The normalized spacial score (nSPS) is 10.1. The molecule has 0 spiro atoms. The van der Waals surface area contributed by atoms with Crippen LogP contribution in [0.4, 0.5) is 5.82 Å². The Balaban J connectivity index is 2.09. The van der Waals surface area contributed by atoms with Crippen molar-refractivity contribution in [2.75, 3.05) is 11.9 Å². The van der Waals surface area contributed by atoms with E-state index in [1.54, 1.807) is 6.07 Å². The van der Waals surface area contributed by atoms with Crippen LogP contribution in [0.3, 0.4) is 0 Å². The third-order valence-electron chi connectivity index (χ3n) is 2.22. The third kappa shape index (κ3) is 3.83. The van der Waals surface area contributed by atoms with E-state index in [1.807, 2.05) is 24.3 Å². The average molecular weight is 355 g/mol. The molecule has 0 aliphatic rings. The molecule has 1 aromatic carbocycles. The van der Waals surface area contributed by atoms with Gasteiger partial charge >= 0.3 is 0 Å². The van der Waals surface area contributed by atoms with Gasteiger partial charge in [0.25, 0.3) is 0 Å². The van der Waals surface area contributed by atoms with E-state index in [4.69, 9.17) is 4.74 Å². The summed E-state index contributed by atoms with van der Waals surface area (Å²) in [5.74, 6) is 2.11. The zero-order chi connectivity index (χ0) is 12.8. The molecule has 0 aliphatic carbocycles. The third-order valence-corrected chi connectivity index (χ3v) is 2.89. The van der Waals surface area contributed by atoms with Crippen LogP contribution in [0.5, 0.6) is 11.6 Å². The number of halogens is 1. The number of anilines is 1. The molecule has 2 aromatic rings. The molecule has 1 N–H and O–H groups in total. The lowest BCUT2D eigenvalue weighted by Crippen LogP contribution is -2.02. The number of benzene rings is 1. The van der Waals surface area contributed by atoms with Crippen LogP contribution in [0.15, 0.2) is 36.7 Å². The minimum Gasteiger partial charge on any atom is -0.439 e. The van der Waals surface area contributed by atoms with Crippen molar-refractivity contribution in [1.82, 2.24) is 9.97 Å². The Morgan fingerprint density at radius 1 is 1.28 bits per heavy atom. The van der Waals surface area contributed by atoms with Gasteiger partial charge in [0.1, 0.15) is 17.9 Å². The van der Waals surface area contributed by atoms with Gasteiger partial charge in [-0.15, -0.1) is 0 Å². The average Bonchev–Trinajstić information content (AvgIpc) is 2.37. The van der Waals surface area contributed by atoms with Gasteiger partial charge in [-0.3, -0.25) is 0 Å². The summed E-state index contributed by atoms with van der Waals surface area (Å²) in [6.07, 6.45) is 2.55. The van der Waals surface area contributed by atoms with E-state index in [0.717, 1.165) is 28.1 Å². The van der Waals surface area contributed by atoms with Crippen LogP contribution in [0.1, 0.15) is 13.3 Å². The van der Waals surface area contributed by atoms with E-state index in [2.05, 4.69) is 44.8 Å². The molecular formula is C13H14IN3O. The largest absolute Gasteiger partial charge is 0.439 e. The van der Waals surface area contributed by atoms with Crippen molar-refractivity contribution in [3.8, 4) is 11.6 Å². The number of nitrogens with zero attached hydrogens (tertiary/aromatic N) is 2. The van der Waals surface area contributed by atoms with Gasteiger partial charge in [0.05, 0.1) is 0 Å². The first-order valence-corrected chi connectivity index (χ1v) is 6.85. The van der Waals surface area contributed by atoms with E-state index in [9.17, 15) is 0 Å². The molecular weight excluding hydrogens is 341 g/mol. The molecule has 2 rings (SSSR count). The molecule has 4 nitrogen and oxygen atoms in total. The van der Waals surface area contributed by atoms with Gasteiger partial charge in [-0.05, 0) is 47.2 Å². The highest BCUT2D eigenvalue weighted by atomic mass is 127. The monoisotopic (exact) mass is 355 g/mol.